The molecule has 2 heterocycles. The van der Waals surface area contributed by atoms with Crippen molar-refractivity contribution in [1.82, 2.24) is 9.80 Å². The molecule has 2 saturated heterocycles. The lowest BCUT2D eigenvalue weighted by molar-refractivity contribution is -0.132. The van der Waals surface area contributed by atoms with Gasteiger partial charge in [0.2, 0.25) is 5.91 Å². The zero-order chi connectivity index (χ0) is 16.2. The predicted octanol–water partition coefficient (Wildman–Crippen LogP) is 2.58. The Morgan fingerprint density at radius 3 is 2.57 bits per heavy atom. The fourth-order valence-electron chi connectivity index (χ4n) is 4.16. The topological polar surface area (TPSA) is 47.3 Å². The molecule has 2 unspecified atom stereocenters. The van der Waals surface area contributed by atoms with Gasteiger partial charge in [-0.1, -0.05) is 19.1 Å². The highest BCUT2D eigenvalue weighted by atomic mass is 16.2. The molecule has 2 atom stereocenters. The van der Waals surface area contributed by atoms with Gasteiger partial charge in [-0.15, -0.1) is 0 Å². The van der Waals surface area contributed by atoms with E-state index in [2.05, 4.69) is 22.8 Å². The summed E-state index contributed by atoms with van der Waals surface area (Å²) in [7, 11) is 0. The van der Waals surface area contributed by atoms with Gasteiger partial charge in [-0.05, 0) is 56.5 Å². The van der Waals surface area contributed by atoms with Crippen molar-refractivity contribution in [2.45, 2.75) is 51.1 Å². The molecule has 3 rings (SSSR count). The van der Waals surface area contributed by atoms with Crippen LogP contribution in [0.25, 0.3) is 0 Å². The minimum Gasteiger partial charge on any atom is -0.338 e. The molecule has 2 fully saturated rings. The van der Waals surface area contributed by atoms with Crippen molar-refractivity contribution in [3.63, 3.8) is 0 Å². The van der Waals surface area contributed by atoms with Crippen molar-refractivity contribution in [2.24, 2.45) is 0 Å². The number of nitrogens with zero attached hydrogens (tertiary/aromatic N) is 3. The van der Waals surface area contributed by atoms with E-state index in [9.17, 15) is 4.79 Å². The third-order valence-corrected chi connectivity index (χ3v) is 5.32. The normalized spacial score (nSPS) is 24.8. The predicted molar refractivity (Wildman–Crippen MR) is 89.9 cm³/mol. The fourth-order valence-corrected chi connectivity index (χ4v) is 4.16. The largest absolute Gasteiger partial charge is 0.338 e. The number of likely N-dealkylation sites (N-methyl/N-ethyl adjacent to an activating group) is 1. The summed E-state index contributed by atoms with van der Waals surface area (Å²) in [6.45, 7) is 5.37. The minimum atomic E-state index is 0.236. The Labute approximate surface area is 138 Å². The van der Waals surface area contributed by atoms with Crippen LogP contribution < -0.4 is 0 Å². The number of amides is 1. The van der Waals surface area contributed by atoms with E-state index in [1.165, 1.54) is 19.4 Å². The van der Waals surface area contributed by atoms with E-state index in [1.54, 1.807) is 12.1 Å². The maximum Gasteiger partial charge on any atom is 0.227 e. The van der Waals surface area contributed by atoms with Gasteiger partial charge in [-0.3, -0.25) is 9.69 Å². The monoisotopic (exact) mass is 311 g/mol. The van der Waals surface area contributed by atoms with Crippen LogP contribution in [0.4, 0.5) is 0 Å². The lowest BCUT2D eigenvalue weighted by atomic mass is 10.0. The quantitative estimate of drug-likeness (QED) is 0.858. The highest BCUT2D eigenvalue weighted by Crippen LogP contribution is 2.30. The number of rotatable bonds is 4. The molecule has 0 N–H and O–H groups in total. The summed E-state index contributed by atoms with van der Waals surface area (Å²) in [5.41, 5.74) is 1.64. The third-order valence-electron chi connectivity index (χ3n) is 5.32. The van der Waals surface area contributed by atoms with Gasteiger partial charge in [0.1, 0.15) is 0 Å². The van der Waals surface area contributed by atoms with Crippen molar-refractivity contribution >= 4 is 5.91 Å². The molecule has 23 heavy (non-hydrogen) atoms. The summed E-state index contributed by atoms with van der Waals surface area (Å²) >= 11 is 0. The van der Waals surface area contributed by atoms with E-state index < -0.39 is 0 Å². The molecule has 0 spiro atoms. The van der Waals surface area contributed by atoms with Gasteiger partial charge in [0.15, 0.2) is 0 Å². The van der Waals surface area contributed by atoms with Gasteiger partial charge < -0.3 is 4.90 Å². The van der Waals surface area contributed by atoms with Crippen molar-refractivity contribution in [2.75, 3.05) is 19.6 Å². The molecule has 2 aliphatic rings. The first-order chi connectivity index (χ1) is 11.2. The highest BCUT2D eigenvalue weighted by Gasteiger charge is 2.38. The van der Waals surface area contributed by atoms with Gasteiger partial charge in [0.25, 0.3) is 0 Å². The molecule has 0 aliphatic carbocycles. The van der Waals surface area contributed by atoms with Gasteiger partial charge in [-0.2, -0.15) is 5.26 Å². The maximum absolute atomic E-state index is 12.8. The molecular weight excluding hydrogens is 286 g/mol. The summed E-state index contributed by atoms with van der Waals surface area (Å²) in [4.78, 5) is 17.4. The van der Waals surface area contributed by atoms with Crippen molar-refractivity contribution in [3.8, 4) is 6.07 Å². The van der Waals surface area contributed by atoms with Crippen LogP contribution in [0.3, 0.4) is 0 Å². The van der Waals surface area contributed by atoms with Crippen molar-refractivity contribution in [3.05, 3.63) is 35.4 Å². The Balaban J connectivity index is 1.67. The van der Waals surface area contributed by atoms with Gasteiger partial charge in [-0.25, -0.2) is 0 Å². The Morgan fingerprint density at radius 1 is 1.17 bits per heavy atom. The average molecular weight is 311 g/mol. The second-order valence-corrected chi connectivity index (χ2v) is 6.62. The van der Waals surface area contributed by atoms with Gasteiger partial charge in [0, 0.05) is 18.6 Å². The SMILES string of the molecule is CCN1CCCC1C1CCCN1C(=O)Cc1ccc(C#N)cc1. The van der Waals surface area contributed by atoms with Crippen LogP contribution in [0.2, 0.25) is 0 Å². The van der Waals surface area contributed by atoms with Crippen LogP contribution in [0.15, 0.2) is 24.3 Å². The van der Waals surface area contributed by atoms with E-state index in [1.807, 2.05) is 12.1 Å². The molecule has 1 aromatic rings. The lowest BCUT2D eigenvalue weighted by Gasteiger charge is -2.34. The van der Waals surface area contributed by atoms with Gasteiger partial charge >= 0.3 is 0 Å². The molecule has 1 aromatic carbocycles. The molecule has 2 aliphatic heterocycles. The number of nitriles is 1. The molecule has 1 amide bonds. The highest BCUT2D eigenvalue weighted by molar-refractivity contribution is 5.79. The standard InChI is InChI=1S/C19H25N3O/c1-2-21-11-3-5-17(21)18-6-4-12-22(18)19(23)13-15-7-9-16(14-20)10-8-15/h7-10,17-18H,2-6,11-13H2,1H3. The van der Waals surface area contributed by atoms with E-state index >= 15 is 0 Å². The molecule has 0 saturated carbocycles. The van der Waals surface area contributed by atoms with E-state index in [-0.39, 0.29) is 5.91 Å². The molecule has 122 valence electrons. The maximum atomic E-state index is 12.8. The van der Waals surface area contributed by atoms with Crippen LogP contribution in [0.5, 0.6) is 0 Å². The summed E-state index contributed by atoms with van der Waals surface area (Å²) in [5, 5.41) is 8.86. The molecule has 0 radical (unpaired) electrons. The molecule has 0 bridgehead atoms. The summed E-state index contributed by atoms with van der Waals surface area (Å²) in [6.07, 6.45) is 5.19. The second kappa shape index (κ2) is 7.14. The number of carbonyl (C=O) groups excluding carboxylic acids is 1. The lowest BCUT2D eigenvalue weighted by Crippen LogP contribution is -2.48. The van der Waals surface area contributed by atoms with Crippen LogP contribution in [0.1, 0.15) is 43.7 Å². The number of hydrogen-bond donors (Lipinski definition) is 0. The van der Waals surface area contributed by atoms with E-state index in [4.69, 9.17) is 5.26 Å². The number of hydrogen-bond acceptors (Lipinski definition) is 3. The zero-order valence-corrected chi connectivity index (χ0v) is 13.9. The Hall–Kier alpha value is -1.86. The molecule has 0 aromatic heterocycles. The third kappa shape index (κ3) is 3.40. The Morgan fingerprint density at radius 2 is 1.87 bits per heavy atom. The Kier molecular flexibility index (Phi) is 4.97. The first-order valence-corrected chi connectivity index (χ1v) is 8.75. The van der Waals surface area contributed by atoms with Crippen LogP contribution in [-0.2, 0) is 11.2 Å². The number of carbonyl (C=O) groups is 1. The average Bonchev–Trinajstić information content (AvgIpc) is 3.23. The van der Waals surface area contributed by atoms with Gasteiger partial charge in [0.05, 0.1) is 18.1 Å². The number of likely N-dealkylation sites (tertiary alicyclic amines) is 2. The van der Waals surface area contributed by atoms with Crippen LogP contribution in [-0.4, -0.2) is 47.4 Å². The van der Waals surface area contributed by atoms with Crippen LogP contribution >= 0.6 is 0 Å². The smallest absolute Gasteiger partial charge is 0.227 e. The van der Waals surface area contributed by atoms with E-state index in [0.29, 0.717) is 24.1 Å². The zero-order valence-electron chi connectivity index (χ0n) is 13.9. The molecular formula is C19H25N3O. The summed E-state index contributed by atoms with van der Waals surface area (Å²) < 4.78 is 0. The van der Waals surface area contributed by atoms with Crippen molar-refractivity contribution in [1.29, 1.82) is 5.26 Å². The Bertz CT molecular complexity index is 590. The van der Waals surface area contributed by atoms with Crippen molar-refractivity contribution < 1.29 is 4.79 Å². The fraction of sp³-hybridized carbons (Fsp3) is 0.579. The summed E-state index contributed by atoms with van der Waals surface area (Å²) in [5.74, 6) is 0.236. The number of benzene rings is 1. The molecule has 4 nitrogen and oxygen atoms in total. The first-order valence-electron chi connectivity index (χ1n) is 8.75. The summed E-state index contributed by atoms with van der Waals surface area (Å²) in [6, 6.07) is 10.4. The second-order valence-electron chi connectivity index (χ2n) is 6.62. The van der Waals surface area contributed by atoms with Crippen LogP contribution in [0, 0.1) is 11.3 Å². The first kappa shape index (κ1) is 16.0. The molecule has 4 heteroatoms. The minimum absolute atomic E-state index is 0.236. The van der Waals surface area contributed by atoms with E-state index in [0.717, 1.165) is 31.5 Å².